The van der Waals surface area contributed by atoms with E-state index in [1.807, 2.05) is 12.1 Å². The van der Waals surface area contributed by atoms with Crippen LogP contribution in [0.25, 0.3) is 82.1 Å². The third kappa shape index (κ3) is 4.96. The van der Waals surface area contributed by atoms with Gasteiger partial charge in [-0.15, -0.1) is 0 Å². The topological polar surface area (TPSA) is 30.5 Å². The summed E-state index contributed by atoms with van der Waals surface area (Å²) in [6.07, 6.45) is 0. The highest BCUT2D eigenvalue weighted by atomic mass is 16.5. The predicted octanol–water partition coefficient (Wildman–Crippen LogP) is 16.9. The van der Waals surface area contributed by atoms with Crippen molar-refractivity contribution in [3.05, 3.63) is 253 Å². The fraction of sp³-hybridized carbons (Fsp3) is 0.0159. The molecule has 4 nitrogen and oxygen atoms in total. The van der Waals surface area contributed by atoms with Crippen LogP contribution in [0.5, 0.6) is 11.5 Å². The molecule has 0 radical (unpaired) electrons. The van der Waals surface area contributed by atoms with E-state index < -0.39 is 5.41 Å². The summed E-state index contributed by atoms with van der Waals surface area (Å²) < 4.78 is 16.1. The summed E-state index contributed by atoms with van der Waals surface area (Å²) in [6.45, 7) is 0. The van der Waals surface area contributed by atoms with Crippen molar-refractivity contribution in [1.29, 1.82) is 0 Å². The molecule has 0 bridgehead atoms. The van der Waals surface area contributed by atoms with Crippen molar-refractivity contribution in [1.82, 2.24) is 4.57 Å². The number of hydrogen-bond acceptors (Lipinski definition) is 3. The highest BCUT2D eigenvalue weighted by Crippen LogP contribution is 2.61. The second-order valence-corrected chi connectivity index (χ2v) is 17.9. The lowest BCUT2D eigenvalue weighted by molar-refractivity contribution is 0.435. The summed E-state index contributed by atoms with van der Waals surface area (Å²) in [6, 6.07) is 83.7. The van der Waals surface area contributed by atoms with Gasteiger partial charge in [0.15, 0.2) is 0 Å². The van der Waals surface area contributed by atoms with Crippen LogP contribution in [-0.2, 0) is 5.41 Å². The Morgan fingerprint density at radius 3 is 1.91 bits per heavy atom. The van der Waals surface area contributed by atoms with Gasteiger partial charge in [-0.05, 0) is 99.1 Å². The first kappa shape index (κ1) is 36.5. The van der Waals surface area contributed by atoms with Crippen LogP contribution in [-0.4, -0.2) is 4.57 Å². The Hall–Kier alpha value is -8.86. The monoisotopic (exact) mass is 854 g/mol. The van der Waals surface area contributed by atoms with E-state index in [4.69, 9.17) is 9.15 Å². The number of para-hydroxylation sites is 3. The number of nitrogens with zero attached hydrogens (tertiary/aromatic N) is 2. The predicted molar refractivity (Wildman–Crippen MR) is 275 cm³/mol. The molecule has 0 saturated carbocycles. The summed E-state index contributed by atoms with van der Waals surface area (Å²) in [4.78, 5) is 2.36. The number of rotatable bonds is 4. The molecular formula is C63H38N2O2. The van der Waals surface area contributed by atoms with Crippen LogP contribution in [0.3, 0.4) is 0 Å². The Bertz CT molecular complexity index is 4220. The van der Waals surface area contributed by atoms with E-state index in [1.165, 1.54) is 54.6 Å². The minimum atomic E-state index is -0.631. The summed E-state index contributed by atoms with van der Waals surface area (Å²) >= 11 is 0. The molecule has 1 aliphatic carbocycles. The Morgan fingerprint density at radius 2 is 0.970 bits per heavy atom. The number of benzene rings is 11. The van der Waals surface area contributed by atoms with Crippen molar-refractivity contribution < 1.29 is 9.15 Å². The lowest BCUT2D eigenvalue weighted by Gasteiger charge is -2.45. The fourth-order valence-electron chi connectivity index (χ4n) is 11.9. The van der Waals surface area contributed by atoms with Gasteiger partial charge in [-0.1, -0.05) is 158 Å². The molecule has 0 N–H and O–H groups in total. The molecular weight excluding hydrogens is 817 g/mol. The van der Waals surface area contributed by atoms with E-state index in [-0.39, 0.29) is 0 Å². The SMILES string of the molecule is c1ccc2c(c1)Oc1cc(N(c3ccc4c(c3)oc3ccccc34)c3ccc4c(c3)c3ccccc3n4-c3cccc4ccccc34)ccc1C21c2ccccc2-c2cccc3cccc1c23. The zero-order chi connectivity index (χ0) is 43.8. The lowest BCUT2D eigenvalue weighted by Crippen LogP contribution is -2.36. The van der Waals surface area contributed by atoms with Gasteiger partial charge < -0.3 is 18.6 Å². The Balaban J connectivity index is 0.990. The average Bonchev–Trinajstić information content (AvgIpc) is 3.92. The summed E-state index contributed by atoms with van der Waals surface area (Å²) in [7, 11) is 0. The molecule has 3 heterocycles. The number of fused-ring (bicyclic) bond motifs is 15. The molecule has 312 valence electrons. The molecule has 13 aromatic rings. The molecule has 2 aliphatic rings. The smallest absolute Gasteiger partial charge is 0.137 e. The Morgan fingerprint density at radius 1 is 0.358 bits per heavy atom. The highest BCUT2D eigenvalue weighted by molar-refractivity contribution is 6.13. The van der Waals surface area contributed by atoms with E-state index in [0.29, 0.717) is 0 Å². The van der Waals surface area contributed by atoms with Crippen molar-refractivity contribution in [2.24, 2.45) is 0 Å². The quantitative estimate of drug-likeness (QED) is 0.177. The minimum absolute atomic E-state index is 0.631. The van der Waals surface area contributed by atoms with Gasteiger partial charge in [0.1, 0.15) is 22.7 Å². The normalized spacial score (nSPS) is 14.7. The fourth-order valence-corrected chi connectivity index (χ4v) is 11.9. The van der Waals surface area contributed by atoms with Crippen LogP contribution >= 0.6 is 0 Å². The van der Waals surface area contributed by atoms with E-state index in [9.17, 15) is 0 Å². The molecule has 1 spiro atoms. The zero-order valence-corrected chi connectivity index (χ0v) is 36.2. The van der Waals surface area contributed by atoms with E-state index in [0.717, 1.165) is 78.3 Å². The molecule has 1 aliphatic heterocycles. The number of ether oxygens (including phenoxy) is 1. The molecule has 1 unspecified atom stereocenters. The van der Waals surface area contributed by atoms with Gasteiger partial charge in [0.2, 0.25) is 0 Å². The maximum absolute atomic E-state index is 7.14. The Labute approximate surface area is 385 Å². The van der Waals surface area contributed by atoms with Crippen LogP contribution in [0.2, 0.25) is 0 Å². The summed E-state index contributed by atoms with van der Waals surface area (Å²) in [5.41, 5.74) is 14.8. The van der Waals surface area contributed by atoms with Crippen molar-refractivity contribution in [2.45, 2.75) is 5.41 Å². The molecule has 15 rings (SSSR count). The molecule has 67 heavy (non-hydrogen) atoms. The van der Waals surface area contributed by atoms with Gasteiger partial charge in [0, 0.05) is 67.3 Å². The molecule has 4 heteroatoms. The Kier molecular flexibility index (Phi) is 7.40. The largest absolute Gasteiger partial charge is 0.457 e. The van der Waals surface area contributed by atoms with E-state index in [2.05, 4.69) is 228 Å². The minimum Gasteiger partial charge on any atom is -0.457 e. The molecule has 0 fully saturated rings. The first-order chi connectivity index (χ1) is 33.2. The highest BCUT2D eigenvalue weighted by Gasteiger charge is 2.49. The van der Waals surface area contributed by atoms with Crippen molar-refractivity contribution >= 4 is 82.4 Å². The van der Waals surface area contributed by atoms with Gasteiger partial charge in [-0.25, -0.2) is 0 Å². The third-order valence-electron chi connectivity index (χ3n) is 14.6. The van der Waals surface area contributed by atoms with Gasteiger partial charge in [0.05, 0.1) is 22.1 Å². The lowest BCUT2D eigenvalue weighted by atomic mass is 9.58. The van der Waals surface area contributed by atoms with Crippen LogP contribution in [0.4, 0.5) is 17.1 Å². The molecule has 11 aromatic carbocycles. The van der Waals surface area contributed by atoms with Gasteiger partial charge in [-0.3, -0.25) is 0 Å². The van der Waals surface area contributed by atoms with Crippen LogP contribution in [0.15, 0.2) is 235 Å². The van der Waals surface area contributed by atoms with E-state index >= 15 is 0 Å². The van der Waals surface area contributed by atoms with Gasteiger partial charge in [0.25, 0.3) is 0 Å². The van der Waals surface area contributed by atoms with Crippen LogP contribution in [0, 0.1) is 0 Å². The number of aromatic nitrogens is 1. The number of hydrogen-bond donors (Lipinski definition) is 0. The average molecular weight is 855 g/mol. The standard InChI is InChI=1S/C63H38N2O2/c1-2-18-44-39(14-1)15-13-27-55(44)65-56-26-8-4-20-46(56)50-36-41(32-35-57(50)65)64(42-30-33-48-47-21-5-9-28-58(47)66-60(48)37-42)43-31-34-53-61(38-43)67-59-29-10-7-24-52(59)63(53)51-23-6-3-19-45(51)49-22-11-16-40-17-12-25-54(63)62(40)49/h1-38H. The van der Waals surface area contributed by atoms with Gasteiger partial charge in [-0.2, -0.15) is 0 Å². The van der Waals surface area contributed by atoms with Crippen LogP contribution in [0.1, 0.15) is 22.3 Å². The van der Waals surface area contributed by atoms with Gasteiger partial charge >= 0.3 is 0 Å². The second kappa shape index (κ2) is 13.6. The van der Waals surface area contributed by atoms with Crippen molar-refractivity contribution in [3.8, 4) is 28.3 Å². The zero-order valence-electron chi connectivity index (χ0n) is 36.2. The van der Waals surface area contributed by atoms with E-state index in [1.54, 1.807) is 0 Å². The number of furan rings is 1. The second-order valence-electron chi connectivity index (χ2n) is 17.9. The third-order valence-corrected chi connectivity index (χ3v) is 14.6. The molecule has 0 saturated heterocycles. The van der Waals surface area contributed by atoms with Crippen molar-refractivity contribution in [3.63, 3.8) is 0 Å². The number of anilines is 3. The van der Waals surface area contributed by atoms with Crippen molar-refractivity contribution in [2.75, 3.05) is 4.90 Å². The maximum atomic E-state index is 7.14. The molecule has 1 atom stereocenters. The van der Waals surface area contributed by atoms with Crippen LogP contribution < -0.4 is 9.64 Å². The first-order valence-electron chi connectivity index (χ1n) is 23.0. The molecule has 2 aromatic heterocycles. The summed E-state index contributed by atoms with van der Waals surface area (Å²) in [5.74, 6) is 1.68. The first-order valence-corrected chi connectivity index (χ1v) is 23.0. The maximum Gasteiger partial charge on any atom is 0.137 e. The molecule has 0 amide bonds. The summed E-state index contributed by atoms with van der Waals surface area (Å²) in [5, 5.41) is 9.50.